The third-order valence-corrected chi connectivity index (χ3v) is 3.10. The molecule has 1 unspecified atom stereocenters. The Morgan fingerprint density at radius 2 is 1.95 bits per heavy atom. The van der Waals surface area contributed by atoms with E-state index in [0.29, 0.717) is 13.2 Å². The van der Waals surface area contributed by atoms with Crippen LogP contribution in [0.3, 0.4) is 0 Å². The molecule has 0 radical (unpaired) electrons. The first-order chi connectivity index (χ1) is 9.12. The van der Waals surface area contributed by atoms with E-state index in [1.165, 1.54) is 5.56 Å². The number of benzene rings is 1. The lowest BCUT2D eigenvalue weighted by molar-refractivity contribution is -0.145. The Bertz CT molecular complexity index is 390. The molecule has 1 aromatic carbocycles. The average molecular weight is 264 g/mol. The second-order valence-electron chi connectivity index (χ2n) is 4.47. The maximum atomic E-state index is 11.8. The summed E-state index contributed by atoms with van der Waals surface area (Å²) in [6.07, 6.45) is 0. The molecule has 106 valence electrons. The summed E-state index contributed by atoms with van der Waals surface area (Å²) in [7, 11) is 1.78. The molecule has 19 heavy (non-hydrogen) atoms. The number of likely N-dealkylation sites (N-methyl/N-ethyl adjacent to an activating group) is 2. The number of hydrogen-bond acceptors (Lipinski definition) is 4. The molecule has 0 fully saturated rings. The number of esters is 1. The highest BCUT2D eigenvalue weighted by atomic mass is 16.5. The van der Waals surface area contributed by atoms with E-state index in [4.69, 9.17) is 4.74 Å². The maximum absolute atomic E-state index is 11.8. The Morgan fingerprint density at radius 3 is 2.42 bits per heavy atom. The first kappa shape index (κ1) is 15.5. The van der Waals surface area contributed by atoms with Crippen molar-refractivity contribution >= 4 is 11.7 Å². The maximum Gasteiger partial charge on any atom is 0.324 e. The molecule has 0 heterocycles. The lowest BCUT2D eigenvalue weighted by atomic mass is 10.2. The highest BCUT2D eigenvalue weighted by molar-refractivity contribution is 5.76. The monoisotopic (exact) mass is 264 g/mol. The van der Waals surface area contributed by atoms with Crippen LogP contribution in [0.1, 0.15) is 19.4 Å². The fourth-order valence-corrected chi connectivity index (χ4v) is 1.92. The number of hydrogen-bond donors (Lipinski definition) is 1. The number of carbonyl (C=O) groups excluding carboxylic acids is 1. The quantitative estimate of drug-likeness (QED) is 0.765. The van der Waals surface area contributed by atoms with Crippen molar-refractivity contribution < 1.29 is 9.53 Å². The zero-order valence-electron chi connectivity index (χ0n) is 12.3. The summed E-state index contributed by atoms with van der Waals surface area (Å²) < 4.78 is 5.07. The molecule has 0 aromatic heterocycles. The molecule has 0 saturated carbocycles. The fourth-order valence-electron chi connectivity index (χ4n) is 1.92. The Kier molecular flexibility index (Phi) is 6.36. The van der Waals surface area contributed by atoms with Crippen LogP contribution < -0.4 is 10.2 Å². The molecule has 0 aliphatic rings. The minimum absolute atomic E-state index is 0.199. The predicted molar refractivity (Wildman–Crippen MR) is 78.5 cm³/mol. The molecule has 1 aromatic rings. The molecule has 0 spiro atoms. The van der Waals surface area contributed by atoms with Gasteiger partial charge in [0.05, 0.1) is 6.61 Å². The van der Waals surface area contributed by atoms with E-state index in [1.807, 2.05) is 6.92 Å². The van der Waals surface area contributed by atoms with Crippen LogP contribution in [-0.4, -0.2) is 38.8 Å². The first-order valence-corrected chi connectivity index (χ1v) is 6.77. The molecular formula is C15H24N2O2. The van der Waals surface area contributed by atoms with Crippen molar-refractivity contribution in [3.63, 3.8) is 0 Å². The Hall–Kier alpha value is -1.55. The van der Waals surface area contributed by atoms with E-state index in [-0.39, 0.29) is 12.0 Å². The molecule has 1 rings (SSSR count). The average Bonchev–Trinajstić information content (AvgIpc) is 2.42. The molecule has 1 N–H and O–H groups in total. The molecule has 0 saturated heterocycles. The van der Waals surface area contributed by atoms with Gasteiger partial charge in [0.1, 0.15) is 6.04 Å². The summed E-state index contributed by atoms with van der Waals surface area (Å²) in [6, 6.07) is 8.02. The zero-order chi connectivity index (χ0) is 14.3. The van der Waals surface area contributed by atoms with Crippen molar-refractivity contribution in [2.24, 2.45) is 0 Å². The summed E-state index contributed by atoms with van der Waals surface area (Å²) in [5, 5.41) is 3.02. The van der Waals surface area contributed by atoms with Crippen LogP contribution >= 0.6 is 0 Å². The number of nitrogens with one attached hydrogen (secondary N) is 1. The third kappa shape index (κ3) is 4.56. The van der Waals surface area contributed by atoms with E-state index >= 15 is 0 Å². The Morgan fingerprint density at radius 1 is 1.32 bits per heavy atom. The van der Waals surface area contributed by atoms with E-state index < -0.39 is 0 Å². The van der Waals surface area contributed by atoms with E-state index in [9.17, 15) is 4.79 Å². The van der Waals surface area contributed by atoms with Crippen LogP contribution in [-0.2, 0) is 9.53 Å². The van der Waals surface area contributed by atoms with Crippen LogP contribution in [0.2, 0.25) is 0 Å². The van der Waals surface area contributed by atoms with Crippen LogP contribution in [0.15, 0.2) is 24.3 Å². The first-order valence-electron chi connectivity index (χ1n) is 6.77. The summed E-state index contributed by atoms with van der Waals surface area (Å²) >= 11 is 0. The standard InChI is InChI=1S/C15H24N2O2/c1-5-17(13-9-7-12(3)8-10-13)11-14(16-4)15(18)19-6-2/h7-10,14,16H,5-6,11H2,1-4H3. The van der Waals surface area contributed by atoms with Gasteiger partial charge in [0.25, 0.3) is 0 Å². The molecule has 0 bridgehead atoms. The van der Waals surface area contributed by atoms with Gasteiger partial charge in [-0.1, -0.05) is 17.7 Å². The van der Waals surface area contributed by atoms with Gasteiger partial charge in [0, 0.05) is 18.8 Å². The SMILES string of the molecule is CCOC(=O)C(CN(CC)c1ccc(C)cc1)NC. The summed E-state index contributed by atoms with van der Waals surface area (Å²) in [4.78, 5) is 14.0. The van der Waals surface area contributed by atoms with Crippen LogP contribution in [0.25, 0.3) is 0 Å². The third-order valence-electron chi connectivity index (χ3n) is 3.10. The fraction of sp³-hybridized carbons (Fsp3) is 0.533. The molecule has 0 aliphatic carbocycles. The van der Waals surface area contributed by atoms with Gasteiger partial charge >= 0.3 is 5.97 Å². The summed E-state index contributed by atoms with van der Waals surface area (Å²) in [6.45, 7) is 7.83. The van der Waals surface area contributed by atoms with Gasteiger partial charge in [-0.05, 0) is 40.0 Å². The number of ether oxygens (including phenoxy) is 1. The van der Waals surface area contributed by atoms with E-state index in [2.05, 4.69) is 48.3 Å². The highest BCUT2D eigenvalue weighted by Gasteiger charge is 2.20. The minimum Gasteiger partial charge on any atom is -0.465 e. The topological polar surface area (TPSA) is 41.6 Å². The normalized spacial score (nSPS) is 12.0. The molecule has 1 atom stereocenters. The predicted octanol–water partition coefficient (Wildman–Crippen LogP) is 1.97. The van der Waals surface area contributed by atoms with E-state index in [1.54, 1.807) is 7.05 Å². The molecule has 4 nitrogen and oxygen atoms in total. The summed E-state index contributed by atoms with van der Waals surface area (Å²) in [5.41, 5.74) is 2.35. The summed E-state index contributed by atoms with van der Waals surface area (Å²) in [5.74, 6) is -0.199. The lowest BCUT2D eigenvalue weighted by Gasteiger charge is -2.27. The van der Waals surface area contributed by atoms with Crippen molar-refractivity contribution in [2.45, 2.75) is 26.8 Å². The molecule has 0 aliphatic heterocycles. The van der Waals surface area contributed by atoms with Crippen molar-refractivity contribution in [1.82, 2.24) is 5.32 Å². The number of anilines is 1. The van der Waals surface area contributed by atoms with Gasteiger partial charge in [-0.3, -0.25) is 4.79 Å². The highest BCUT2D eigenvalue weighted by Crippen LogP contribution is 2.15. The van der Waals surface area contributed by atoms with Gasteiger partial charge < -0.3 is 15.0 Å². The Labute approximate surface area is 115 Å². The van der Waals surface area contributed by atoms with Crippen LogP contribution in [0, 0.1) is 6.92 Å². The van der Waals surface area contributed by atoms with Crippen molar-refractivity contribution in [2.75, 3.05) is 31.6 Å². The molecule has 0 amide bonds. The lowest BCUT2D eigenvalue weighted by Crippen LogP contribution is -2.45. The van der Waals surface area contributed by atoms with Gasteiger partial charge in [-0.2, -0.15) is 0 Å². The number of rotatable bonds is 7. The second kappa shape index (κ2) is 7.79. The number of carbonyl (C=O) groups is 1. The van der Waals surface area contributed by atoms with Gasteiger partial charge in [0.15, 0.2) is 0 Å². The minimum atomic E-state index is -0.304. The zero-order valence-corrected chi connectivity index (χ0v) is 12.3. The van der Waals surface area contributed by atoms with Crippen molar-refractivity contribution in [3.8, 4) is 0 Å². The number of nitrogens with zero attached hydrogens (tertiary/aromatic N) is 1. The molecule has 4 heteroatoms. The van der Waals surface area contributed by atoms with Crippen molar-refractivity contribution in [3.05, 3.63) is 29.8 Å². The molecular weight excluding hydrogens is 240 g/mol. The van der Waals surface area contributed by atoms with Gasteiger partial charge in [0.2, 0.25) is 0 Å². The number of aryl methyl sites for hydroxylation is 1. The van der Waals surface area contributed by atoms with E-state index in [0.717, 1.165) is 12.2 Å². The smallest absolute Gasteiger partial charge is 0.324 e. The van der Waals surface area contributed by atoms with Gasteiger partial charge in [-0.15, -0.1) is 0 Å². The van der Waals surface area contributed by atoms with Crippen LogP contribution in [0.5, 0.6) is 0 Å². The second-order valence-corrected chi connectivity index (χ2v) is 4.47. The Balaban J connectivity index is 2.74. The van der Waals surface area contributed by atoms with Crippen molar-refractivity contribution in [1.29, 1.82) is 0 Å². The van der Waals surface area contributed by atoms with Gasteiger partial charge in [-0.25, -0.2) is 0 Å². The van der Waals surface area contributed by atoms with Crippen LogP contribution in [0.4, 0.5) is 5.69 Å². The largest absolute Gasteiger partial charge is 0.465 e.